The molecule has 0 spiro atoms. The normalized spacial score (nSPS) is 42.2. The fourth-order valence-corrected chi connectivity index (χ4v) is 7.68. The second-order valence-electron chi connectivity index (χ2n) is 14.1. The van der Waals surface area contributed by atoms with E-state index in [1.807, 2.05) is 20.8 Å². The Morgan fingerprint density at radius 3 is 2.44 bits per heavy atom. The van der Waals surface area contributed by atoms with Gasteiger partial charge in [-0.25, -0.2) is 0 Å². The van der Waals surface area contributed by atoms with Crippen molar-refractivity contribution in [2.24, 2.45) is 29.1 Å². The van der Waals surface area contributed by atoms with Gasteiger partial charge in [0.15, 0.2) is 6.29 Å². The highest BCUT2D eigenvalue weighted by Gasteiger charge is 2.56. The zero-order valence-corrected chi connectivity index (χ0v) is 27.7. The van der Waals surface area contributed by atoms with Crippen LogP contribution in [0.4, 0.5) is 0 Å². The van der Waals surface area contributed by atoms with Crippen LogP contribution in [0.1, 0.15) is 60.8 Å². The molecule has 256 valence electrons. The van der Waals surface area contributed by atoms with E-state index in [2.05, 4.69) is 12.7 Å². The fourth-order valence-electron chi connectivity index (χ4n) is 7.68. The van der Waals surface area contributed by atoms with Gasteiger partial charge < -0.3 is 49.2 Å². The molecule has 11 nitrogen and oxygen atoms in total. The molecular formula is C34H54O11. The van der Waals surface area contributed by atoms with E-state index in [4.69, 9.17) is 23.7 Å². The van der Waals surface area contributed by atoms with Crippen LogP contribution in [-0.4, -0.2) is 113 Å². The van der Waals surface area contributed by atoms with Gasteiger partial charge in [0.25, 0.3) is 0 Å². The van der Waals surface area contributed by atoms with Crippen LogP contribution in [0.15, 0.2) is 35.5 Å². The summed E-state index contributed by atoms with van der Waals surface area (Å²) >= 11 is 0. The average Bonchev–Trinajstić information content (AvgIpc) is 3.50. The largest absolute Gasteiger partial charge is 0.461 e. The summed E-state index contributed by atoms with van der Waals surface area (Å²) in [6.45, 7) is 14.7. The van der Waals surface area contributed by atoms with E-state index < -0.39 is 66.0 Å². The summed E-state index contributed by atoms with van der Waals surface area (Å²) in [6, 6.07) is 0. The fraction of sp³-hybridized carbons (Fsp3) is 0.794. The van der Waals surface area contributed by atoms with Crippen LogP contribution in [0, 0.1) is 29.1 Å². The molecule has 3 aliphatic carbocycles. The summed E-state index contributed by atoms with van der Waals surface area (Å²) in [5, 5.41) is 55.2. The van der Waals surface area contributed by atoms with Crippen LogP contribution in [0.3, 0.4) is 0 Å². The van der Waals surface area contributed by atoms with Gasteiger partial charge in [0.1, 0.15) is 36.6 Å². The minimum Gasteiger partial charge on any atom is -0.461 e. The number of methoxy groups -OCH3 is 1. The molecule has 0 aromatic rings. The standard InChI is InChI=1S/C34H54O11/c1-9-33(5,6)42-16-24-28(38)29(39)30(40)32(44-24)45-31-26-22(17(2)14-35)12-25(43-19(4)36)34(26,7)13-23-20(15-41-8)10-11-21(23)18(3)27(31)37/h9,13,17-18,20-21,24-25,27-32,35,37-40H,1,10-12,14-16H2,2-8H3/b23-13-/t17?,18-,20-,21+,24?,25+,27-,28?,29?,30?,31-,32?,34+/m1/s1. The monoisotopic (exact) mass is 638 g/mol. The Hall–Kier alpha value is -1.67. The van der Waals surface area contributed by atoms with Gasteiger partial charge in [0, 0.05) is 44.3 Å². The highest BCUT2D eigenvalue weighted by atomic mass is 16.7. The van der Waals surface area contributed by atoms with E-state index in [9.17, 15) is 30.3 Å². The van der Waals surface area contributed by atoms with Crippen LogP contribution >= 0.6 is 0 Å². The topological polar surface area (TPSA) is 164 Å². The van der Waals surface area contributed by atoms with Crippen molar-refractivity contribution in [1.29, 1.82) is 0 Å². The number of ether oxygens (including phenoxy) is 5. The molecule has 1 aliphatic heterocycles. The van der Waals surface area contributed by atoms with Crippen molar-refractivity contribution in [2.45, 2.75) is 115 Å². The van der Waals surface area contributed by atoms with Gasteiger partial charge in [-0.1, -0.05) is 37.1 Å². The highest BCUT2D eigenvalue weighted by Crippen LogP contribution is 2.56. The number of rotatable bonds is 11. The first-order valence-corrected chi connectivity index (χ1v) is 16.1. The van der Waals surface area contributed by atoms with E-state index >= 15 is 0 Å². The number of hydrogen-bond acceptors (Lipinski definition) is 11. The lowest BCUT2D eigenvalue weighted by atomic mass is 9.68. The van der Waals surface area contributed by atoms with Gasteiger partial charge in [-0.05, 0) is 51.0 Å². The van der Waals surface area contributed by atoms with Crippen molar-refractivity contribution in [1.82, 2.24) is 0 Å². The average molecular weight is 639 g/mol. The van der Waals surface area contributed by atoms with E-state index in [-0.39, 0.29) is 36.9 Å². The van der Waals surface area contributed by atoms with Crippen molar-refractivity contribution in [2.75, 3.05) is 26.9 Å². The maximum Gasteiger partial charge on any atom is 0.302 e. The van der Waals surface area contributed by atoms with Crippen molar-refractivity contribution >= 4 is 5.97 Å². The molecule has 0 aromatic heterocycles. The van der Waals surface area contributed by atoms with Gasteiger partial charge in [-0.15, -0.1) is 6.58 Å². The predicted octanol–water partition coefficient (Wildman–Crippen LogP) is 2.04. The Labute approximate surface area is 266 Å². The molecule has 0 radical (unpaired) electrons. The van der Waals surface area contributed by atoms with E-state index in [0.717, 1.165) is 24.0 Å². The van der Waals surface area contributed by atoms with E-state index in [0.29, 0.717) is 18.6 Å². The summed E-state index contributed by atoms with van der Waals surface area (Å²) in [4.78, 5) is 12.4. The zero-order valence-electron chi connectivity index (χ0n) is 27.7. The Balaban J connectivity index is 1.82. The lowest BCUT2D eigenvalue weighted by Crippen LogP contribution is -2.61. The number of hydrogen-bond donors (Lipinski definition) is 5. The lowest BCUT2D eigenvalue weighted by molar-refractivity contribution is -0.319. The van der Waals surface area contributed by atoms with Crippen molar-refractivity contribution in [3.8, 4) is 0 Å². The molecule has 4 aliphatic rings. The first-order valence-electron chi connectivity index (χ1n) is 16.1. The van der Waals surface area contributed by atoms with E-state index in [1.54, 1.807) is 27.0 Å². The first-order chi connectivity index (χ1) is 21.1. The third kappa shape index (κ3) is 7.12. The summed E-state index contributed by atoms with van der Waals surface area (Å²) in [7, 11) is 1.67. The Kier molecular flexibility index (Phi) is 11.4. The zero-order chi connectivity index (χ0) is 33.4. The van der Waals surface area contributed by atoms with Crippen LogP contribution < -0.4 is 0 Å². The third-order valence-electron chi connectivity index (χ3n) is 10.6. The highest BCUT2D eigenvalue weighted by molar-refractivity contribution is 5.66. The predicted molar refractivity (Wildman–Crippen MR) is 165 cm³/mol. The maximum atomic E-state index is 12.4. The second kappa shape index (κ2) is 14.2. The molecule has 45 heavy (non-hydrogen) atoms. The van der Waals surface area contributed by atoms with Crippen LogP contribution in [0.5, 0.6) is 0 Å². The van der Waals surface area contributed by atoms with Gasteiger partial charge in [-0.3, -0.25) is 4.79 Å². The number of fused-ring (bicyclic) bond motifs is 2. The molecule has 1 saturated heterocycles. The molecule has 2 fully saturated rings. The molecule has 13 atom stereocenters. The number of esters is 1. The van der Waals surface area contributed by atoms with Crippen LogP contribution in [-0.2, 0) is 28.5 Å². The Morgan fingerprint density at radius 1 is 1.16 bits per heavy atom. The first kappa shape index (κ1) is 36.2. The van der Waals surface area contributed by atoms with Crippen molar-refractivity contribution in [3.05, 3.63) is 35.5 Å². The number of carbonyl (C=O) groups is 1. The minimum atomic E-state index is -1.64. The smallest absolute Gasteiger partial charge is 0.302 e. The molecule has 6 unspecified atom stereocenters. The molecule has 5 N–H and O–H groups in total. The van der Waals surface area contributed by atoms with Crippen LogP contribution in [0.2, 0.25) is 0 Å². The third-order valence-corrected chi connectivity index (χ3v) is 10.6. The number of carbonyl (C=O) groups excluding carboxylic acids is 1. The lowest BCUT2D eigenvalue weighted by Gasteiger charge is -2.46. The minimum absolute atomic E-state index is 0.00573. The second-order valence-corrected chi connectivity index (χ2v) is 14.1. The van der Waals surface area contributed by atoms with Gasteiger partial charge in [0.05, 0.1) is 24.9 Å². The van der Waals surface area contributed by atoms with Gasteiger partial charge >= 0.3 is 5.97 Å². The molecule has 11 heteroatoms. The summed E-state index contributed by atoms with van der Waals surface area (Å²) in [5.74, 6) is -0.970. The molecule has 1 saturated carbocycles. The summed E-state index contributed by atoms with van der Waals surface area (Å²) < 4.78 is 30.0. The van der Waals surface area contributed by atoms with Crippen LogP contribution in [0.25, 0.3) is 0 Å². The molecule has 1 heterocycles. The van der Waals surface area contributed by atoms with Crippen molar-refractivity contribution in [3.63, 3.8) is 0 Å². The SMILES string of the molecule is C=CC(C)(C)OCC1OC(O[C@@H]2C3=C(C(C)CO)C[C@H](OC(C)=O)[C@]3(C)/C=C3/[C@@H](COC)CC[C@H]3[C@@H](C)[C@H]2O)C(O)C(O)C1O. The van der Waals surface area contributed by atoms with E-state index in [1.165, 1.54) is 6.92 Å². The Bertz CT molecular complexity index is 1130. The summed E-state index contributed by atoms with van der Waals surface area (Å²) in [5.41, 5.74) is 0.911. The maximum absolute atomic E-state index is 12.4. The Morgan fingerprint density at radius 2 is 1.84 bits per heavy atom. The summed E-state index contributed by atoms with van der Waals surface area (Å²) in [6.07, 6.45) is -4.23. The van der Waals surface area contributed by atoms with Gasteiger partial charge in [0.2, 0.25) is 0 Å². The molecular weight excluding hydrogens is 584 g/mol. The van der Waals surface area contributed by atoms with Crippen molar-refractivity contribution < 1.29 is 54.0 Å². The van der Waals surface area contributed by atoms with Gasteiger partial charge in [-0.2, -0.15) is 0 Å². The molecule has 0 amide bonds. The molecule has 4 rings (SSSR count). The number of aliphatic hydroxyl groups excluding tert-OH is 5. The molecule has 0 bridgehead atoms. The molecule has 0 aromatic carbocycles. The number of aliphatic hydroxyl groups is 5. The quantitative estimate of drug-likeness (QED) is 0.166.